The van der Waals surface area contributed by atoms with Gasteiger partial charge in [0.15, 0.2) is 0 Å². The first-order valence-electron chi connectivity index (χ1n) is 7.99. The summed E-state index contributed by atoms with van der Waals surface area (Å²) in [5, 5.41) is 3.41. The van der Waals surface area contributed by atoms with Crippen LogP contribution in [0, 0.1) is 11.8 Å². The predicted molar refractivity (Wildman–Crippen MR) is 104 cm³/mol. The third-order valence-corrected chi connectivity index (χ3v) is 4.64. The number of nitrogens with zero attached hydrogens (tertiary/aromatic N) is 1. The number of aromatic nitrogens is 2. The standard InChI is InChI=1S/C18H17N5O3S/c1-2-4-17(24)22-14-5-3-6-15(11-14)23-27(25,26)21-12-13-7-9-19-18-16(13)8-10-20-18/h3,5-11,21,23H,12H2,1H3,(H,19,20)(H,22,24). The first-order valence-corrected chi connectivity index (χ1v) is 9.47. The van der Waals surface area contributed by atoms with E-state index in [4.69, 9.17) is 0 Å². The largest absolute Gasteiger partial charge is 0.346 e. The molecule has 1 aromatic carbocycles. The Kier molecular flexibility index (Phi) is 5.40. The van der Waals surface area contributed by atoms with Crippen LogP contribution in [0.3, 0.4) is 0 Å². The van der Waals surface area contributed by atoms with Crippen molar-refractivity contribution in [1.29, 1.82) is 0 Å². The molecule has 4 N–H and O–H groups in total. The van der Waals surface area contributed by atoms with Gasteiger partial charge in [0.2, 0.25) is 0 Å². The summed E-state index contributed by atoms with van der Waals surface area (Å²) in [7, 11) is -3.81. The topological polar surface area (TPSA) is 116 Å². The molecule has 0 aliphatic heterocycles. The van der Waals surface area contributed by atoms with Gasteiger partial charge in [0.25, 0.3) is 16.1 Å². The van der Waals surface area contributed by atoms with Crippen molar-refractivity contribution in [2.75, 3.05) is 10.0 Å². The smallest absolute Gasteiger partial charge is 0.300 e. The van der Waals surface area contributed by atoms with Crippen LogP contribution in [0.15, 0.2) is 48.8 Å². The highest BCUT2D eigenvalue weighted by molar-refractivity contribution is 7.90. The average Bonchev–Trinajstić information content (AvgIpc) is 3.09. The average molecular weight is 383 g/mol. The van der Waals surface area contributed by atoms with Gasteiger partial charge in [0.05, 0.1) is 5.69 Å². The van der Waals surface area contributed by atoms with Crippen molar-refractivity contribution in [3.8, 4) is 11.8 Å². The maximum absolute atomic E-state index is 12.3. The number of aromatic amines is 1. The van der Waals surface area contributed by atoms with E-state index in [0.717, 1.165) is 10.9 Å². The number of amides is 1. The van der Waals surface area contributed by atoms with Crippen molar-refractivity contribution in [2.45, 2.75) is 13.5 Å². The lowest BCUT2D eigenvalue weighted by atomic mass is 10.2. The van der Waals surface area contributed by atoms with E-state index in [0.29, 0.717) is 17.0 Å². The Bertz CT molecular complexity index is 1140. The lowest BCUT2D eigenvalue weighted by molar-refractivity contribution is -0.111. The maximum atomic E-state index is 12.3. The Labute approximate surface area is 156 Å². The van der Waals surface area contributed by atoms with Gasteiger partial charge in [-0.15, -0.1) is 0 Å². The Morgan fingerprint density at radius 3 is 2.85 bits per heavy atom. The van der Waals surface area contributed by atoms with Crippen LogP contribution in [0.1, 0.15) is 12.5 Å². The van der Waals surface area contributed by atoms with Crippen molar-refractivity contribution in [2.24, 2.45) is 0 Å². The van der Waals surface area contributed by atoms with Crippen LogP contribution in [0.2, 0.25) is 0 Å². The van der Waals surface area contributed by atoms with E-state index >= 15 is 0 Å². The van der Waals surface area contributed by atoms with Crippen LogP contribution in [0.4, 0.5) is 11.4 Å². The minimum Gasteiger partial charge on any atom is -0.346 e. The van der Waals surface area contributed by atoms with E-state index in [1.165, 1.54) is 6.07 Å². The molecule has 0 unspecified atom stereocenters. The number of benzene rings is 1. The molecule has 0 atom stereocenters. The summed E-state index contributed by atoms with van der Waals surface area (Å²) in [5.74, 6) is 4.38. The molecule has 9 heteroatoms. The number of anilines is 2. The summed E-state index contributed by atoms with van der Waals surface area (Å²) in [4.78, 5) is 18.7. The Morgan fingerprint density at radius 1 is 1.22 bits per heavy atom. The molecular formula is C18H17N5O3S. The van der Waals surface area contributed by atoms with Crippen LogP contribution in [0.25, 0.3) is 11.0 Å². The van der Waals surface area contributed by atoms with Gasteiger partial charge in [-0.3, -0.25) is 9.52 Å². The molecule has 0 saturated heterocycles. The molecule has 3 rings (SSSR count). The zero-order chi connectivity index (χ0) is 19.3. The van der Waals surface area contributed by atoms with Crippen LogP contribution in [-0.4, -0.2) is 24.3 Å². The molecular weight excluding hydrogens is 366 g/mol. The number of hydrogen-bond acceptors (Lipinski definition) is 4. The Hall–Kier alpha value is -3.35. The molecule has 0 fully saturated rings. The van der Waals surface area contributed by atoms with Crippen LogP contribution in [-0.2, 0) is 21.5 Å². The quantitative estimate of drug-likeness (QED) is 0.487. The Morgan fingerprint density at radius 2 is 2.04 bits per heavy atom. The number of pyridine rings is 1. The zero-order valence-electron chi connectivity index (χ0n) is 14.4. The summed E-state index contributed by atoms with van der Waals surface area (Å²) in [5.41, 5.74) is 2.24. The number of fused-ring (bicyclic) bond motifs is 1. The molecule has 2 aromatic heterocycles. The van der Waals surface area contributed by atoms with Crippen molar-refractivity contribution in [1.82, 2.24) is 14.7 Å². The molecule has 3 aromatic rings. The van der Waals surface area contributed by atoms with Gasteiger partial charge in [-0.2, -0.15) is 13.1 Å². The normalized spacial score (nSPS) is 10.9. The number of carbonyl (C=O) groups excluding carboxylic acids is 1. The van der Waals surface area contributed by atoms with Crippen LogP contribution >= 0.6 is 0 Å². The van der Waals surface area contributed by atoms with Crippen molar-refractivity contribution in [3.05, 3.63) is 54.4 Å². The lowest BCUT2D eigenvalue weighted by Crippen LogP contribution is -2.29. The van der Waals surface area contributed by atoms with Gasteiger partial charge in [-0.1, -0.05) is 12.0 Å². The van der Waals surface area contributed by atoms with Gasteiger partial charge >= 0.3 is 0 Å². The number of hydrogen-bond donors (Lipinski definition) is 4. The predicted octanol–water partition coefficient (Wildman–Crippen LogP) is 1.97. The summed E-state index contributed by atoms with van der Waals surface area (Å²) in [6.07, 6.45) is 3.36. The van der Waals surface area contributed by atoms with E-state index in [-0.39, 0.29) is 6.54 Å². The molecule has 8 nitrogen and oxygen atoms in total. The summed E-state index contributed by atoms with van der Waals surface area (Å²) in [6, 6.07) is 9.94. The minimum atomic E-state index is -3.81. The van der Waals surface area contributed by atoms with Crippen LogP contribution < -0.4 is 14.8 Å². The lowest BCUT2D eigenvalue weighted by Gasteiger charge is -2.11. The SMILES string of the molecule is CC#CC(=O)Nc1cccc(NS(=O)(=O)NCc2ccnc3[nH]ccc23)c1. The fourth-order valence-electron chi connectivity index (χ4n) is 2.47. The molecule has 0 saturated carbocycles. The molecule has 0 spiro atoms. The molecule has 0 aliphatic rings. The van der Waals surface area contributed by atoms with Gasteiger partial charge < -0.3 is 10.3 Å². The highest BCUT2D eigenvalue weighted by Gasteiger charge is 2.12. The number of nitrogens with one attached hydrogen (secondary N) is 4. The van der Waals surface area contributed by atoms with E-state index in [2.05, 4.69) is 36.6 Å². The van der Waals surface area contributed by atoms with Crippen molar-refractivity contribution < 1.29 is 13.2 Å². The van der Waals surface area contributed by atoms with Gasteiger partial charge in [0.1, 0.15) is 5.65 Å². The monoisotopic (exact) mass is 383 g/mol. The van der Waals surface area contributed by atoms with E-state index in [1.54, 1.807) is 43.6 Å². The van der Waals surface area contributed by atoms with Gasteiger partial charge in [0, 0.05) is 30.0 Å². The molecule has 1 amide bonds. The fraction of sp³-hybridized carbons (Fsp3) is 0.111. The second-order valence-electron chi connectivity index (χ2n) is 5.55. The highest BCUT2D eigenvalue weighted by Crippen LogP contribution is 2.17. The first-order chi connectivity index (χ1) is 13.0. The van der Waals surface area contributed by atoms with E-state index in [9.17, 15) is 13.2 Å². The summed E-state index contributed by atoms with van der Waals surface area (Å²) >= 11 is 0. The fourth-order valence-corrected chi connectivity index (χ4v) is 3.33. The molecule has 2 heterocycles. The van der Waals surface area contributed by atoms with Gasteiger partial charge in [-0.05, 0) is 48.7 Å². The minimum absolute atomic E-state index is 0.106. The summed E-state index contributed by atoms with van der Waals surface area (Å²) < 4.78 is 29.6. The molecule has 0 aliphatic carbocycles. The van der Waals surface area contributed by atoms with Crippen molar-refractivity contribution >= 4 is 38.5 Å². The van der Waals surface area contributed by atoms with Crippen LogP contribution in [0.5, 0.6) is 0 Å². The number of rotatable bonds is 6. The van der Waals surface area contributed by atoms with Crippen molar-refractivity contribution in [3.63, 3.8) is 0 Å². The molecule has 27 heavy (non-hydrogen) atoms. The Balaban J connectivity index is 1.68. The third kappa shape index (κ3) is 4.84. The number of H-pyrrole nitrogens is 1. The summed E-state index contributed by atoms with van der Waals surface area (Å²) in [6.45, 7) is 1.66. The molecule has 0 radical (unpaired) electrons. The molecule has 0 bridgehead atoms. The highest BCUT2D eigenvalue weighted by atomic mass is 32.2. The second-order valence-corrected chi connectivity index (χ2v) is 7.05. The number of carbonyl (C=O) groups is 1. The first kappa shape index (κ1) is 18.4. The molecule has 138 valence electrons. The van der Waals surface area contributed by atoms with E-state index < -0.39 is 16.1 Å². The second kappa shape index (κ2) is 7.90. The van der Waals surface area contributed by atoms with E-state index in [1.807, 2.05) is 6.07 Å². The zero-order valence-corrected chi connectivity index (χ0v) is 15.2. The van der Waals surface area contributed by atoms with Gasteiger partial charge in [-0.25, -0.2) is 4.98 Å². The maximum Gasteiger partial charge on any atom is 0.300 e. The third-order valence-electron chi connectivity index (χ3n) is 3.61.